The summed E-state index contributed by atoms with van der Waals surface area (Å²) in [7, 11) is 1.18. The molecular formula is C14H14O6. The number of carbonyl (C=O) groups is 3. The second kappa shape index (κ2) is 7.73. The summed E-state index contributed by atoms with van der Waals surface area (Å²) in [5, 5.41) is 0. The minimum absolute atomic E-state index is 0.0473. The van der Waals surface area contributed by atoms with Gasteiger partial charge in [0.1, 0.15) is 5.75 Å². The van der Waals surface area contributed by atoms with Gasteiger partial charge in [-0.3, -0.25) is 4.79 Å². The van der Waals surface area contributed by atoms with E-state index in [4.69, 9.17) is 4.74 Å². The molecule has 1 aromatic rings. The number of ether oxygens (including phenoxy) is 3. The average Bonchev–Trinajstić information content (AvgIpc) is 2.45. The van der Waals surface area contributed by atoms with E-state index in [1.165, 1.54) is 7.11 Å². The second-order valence-corrected chi connectivity index (χ2v) is 3.72. The van der Waals surface area contributed by atoms with Crippen molar-refractivity contribution in [3.05, 3.63) is 42.5 Å². The Bertz CT molecular complexity index is 506. The Balaban J connectivity index is 2.32. The average molecular weight is 278 g/mol. The van der Waals surface area contributed by atoms with Crippen molar-refractivity contribution >= 4 is 17.9 Å². The molecule has 0 aliphatic heterocycles. The molecule has 0 aromatic heterocycles. The molecule has 20 heavy (non-hydrogen) atoms. The number of hydrogen-bond acceptors (Lipinski definition) is 6. The quantitative estimate of drug-likeness (QED) is 0.443. The first-order valence-corrected chi connectivity index (χ1v) is 5.70. The number of benzene rings is 1. The van der Waals surface area contributed by atoms with E-state index < -0.39 is 24.5 Å². The van der Waals surface area contributed by atoms with Crippen molar-refractivity contribution in [2.24, 2.45) is 0 Å². The number of para-hydroxylation sites is 1. The van der Waals surface area contributed by atoms with Gasteiger partial charge in [0.2, 0.25) is 0 Å². The lowest BCUT2D eigenvalue weighted by atomic mass is 10.2. The third-order valence-electron chi connectivity index (χ3n) is 2.16. The van der Waals surface area contributed by atoms with Crippen molar-refractivity contribution in [3.63, 3.8) is 0 Å². The van der Waals surface area contributed by atoms with E-state index in [0.717, 1.165) is 0 Å². The topological polar surface area (TPSA) is 78.9 Å². The molecular weight excluding hydrogens is 264 g/mol. The second-order valence-electron chi connectivity index (χ2n) is 3.72. The van der Waals surface area contributed by atoms with Crippen molar-refractivity contribution in [2.45, 2.75) is 6.42 Å². The fourth-order valence-corrected chi connectivity index (χ4v) is 1.23. The van der Waals surface area contributed by atoms with E-state index in [2.05, 4.69) is 16.1 Å². The van der Waals surface area contributed by atoms with Gasteiger partial charge in [0.05, 0.1) is 13.5 Å². The first-order chi connectivity index (χ1) is 9.52. The summed E-state index contributed by atoms with van der Waals surface area (Å²) in [6, 6.07) is 8.37. The highest BCUT2D eigenvalue weighted by Crippen LogP contribution is 2.08. The van der Waals surface area contributed by atoms with Crippen LogP contribution < -0.4 is 4.74 Å². The monoisotopic (exact) mass is 278 g/mol. The number of rotatable bonds is 6. The zero-order valence-corrected chi connectivity index (χ0v) is 11.0. The minimum Gasteiger partial charge on any atom is -0.466 e. The molecule has 0 aliphatic rings. The molecule has 0 atom stereocenters. The van der Waals surface area contributed by atoms with E-state index in [1.807, 2.05) is 0 Å². The lowest BCUT2D eigenvalue weighted by molar-refractivity contribution is -0.153. The Hall–Kier alpha value is -2.63. The number of esters is 3. The van der Waals surface area contributed by atoms with Gasteiger partial charge < -0.3 is 14.2 Å². The summed E-state index contributed by atoms with van der Waals surface area (Å²) in [5.74, 6) is -1.82. The Morgan fingerprint density at radius 1 is 1.10 bits per heavy atom. The maximum atomic E-state index is 11.4. The molecule has 0 aliphatic carbocycles. The van der Waals surface area contributed by atoms with Crippen LogP contribution in [0.2, 0.25) is 0 Å². The lowest BCUT2D eigenvalue weighted by Crippen LogP contribution is -2.19. The minimum atomic E-state index is -0.759. The summed E-state index contributed by atoms with van der Waals surface area (Å²) < 4.78 is 13.9. The zero-order valence-electron chi connectivity index (χ0n) is 11.0. The summed E-state index contributed by atoms with van der Waals surface area (Å²) in [4.78, 5) is 33.7. The smallest absolute Gasteiger partial charge is 0.349 e. The van der Waals surface area contributed by atoms with Gasteiger partial charge in [0.25, 0.3) is 0 Å². The van der Waals surface area contributed by atoms with Crippen molar-refractivity contribution in [1.29, 1.82) is 0 Å². The molecule has 0 heterocycles. The van der Waals surface area contributed by atoms with E-state index in [0.29, 0.717) is 5.75 Å². The van der Waals surface area contributed by atoms with Gasteiger partial charge in [0.15, 0.2) is 6.61 Å². The fourth-order valence-electron chi connectivity index (χ4n) is 1.23. The summed E-state index contributed by atoms with van der Waals surface area (Å²) in [6.45, 7) is 2.83. The van der Waals surface area contributed by atoms with Crippen LogP contribution in [0, 0.1) is 0 Å². The highest BCUT2D eigenvalue weighted by atomic mass is 16.6. The van der Waals surface area contributed by atoms with E-state index in [-0.39, 0.29) is 12.0 Å². The van der Waals surface area contributed by atoms with Crippen LogP contribution in [-0.4, -0.2) is 31.6 Å². The molecule has 106 valence electrons. The Morgan fingerprint density at radius 3 is 2.35 bits per heavy atom. The SMILES string of the molecule is C=C(CC(=O)OCC(=O)Oc1ccccc1)C(=O)OC. The van der Waals surface area contributed by atoms with E-state index in [9.17, 15) is 14.4 Å². The largest absolute Gasteiger partial charge is 0.466 e. The van der Waals surface area contributed by atoms with Gasteiger partial charge in [0, 0.05) is 5.57 Å². The molecule has 0 spiro atoms. The van der Waals surface area contributed by atoms with Crippen molar-refractivity contribution in [1.82, 2.24) is 0 Å². The van der Waals surface area contributed by atoms with Crippen LogP contribution in [0.25, 0.3) is 0 Å². The van der Waals surface area contributed by atoms with Gasteiger partial charge >= 0.3 is 17.9 Å². The number of methoxy groups -OCH3 is 1. The van der Waals surface area contributed by atoms with Crippen LogP contribution in [0.1, 0.15) is 6.42 Å². The summed E-state index contributed by atoms with van der Waals surface area (Å²) in [5.41, 5.74) is -0.0473. The molecule has 6 nitrogen and oxygen atoms in total. The molecule has 6 heteroatoms. The van der Waals surface area contributed by atoms with Gasteiger partial charge in [-0.1, -0.05) is 24.8 Å². The highest BCUT2D eigenvalue weighted by molar-refractivity contribution is 5.93. The van der Waals surface area contributed by atoms with Crippen molar-refractivity contribution < 1.29 is 28.6 Å². The van der Waals surface area contributed by atoms with Crippen LogP contribution >= 0.6 is 0 Å². The molecule has 0 radical (unpaired) electrons. The number of hydrogen-bond donors (Lipinski definition) is 0. The van der Waals surface area contributed by atoms with Crippen LogP contribution in [0.5, 0.6) is 5.75 Å². The molecule has 0 saturated carbocycles. The third-order valence-corrected chi connectivity index (χ3v) is 2.16. The van der Waals surface area contributed by atoms with Crippen LogP contribution in [0.15, 0.2) is 42.5 Å². The fraction of sp³-hybridized carbons (Fsp3) is 0.214. The van der Waals surface area contributed by atoms with Gasteiger partial charge in [-0.05, 0) is 12.1 Å². The molecule has 0 N–H and O–H groups in total. The van der Waals surface area contributed by atoms with Crippen molar-refractivity contribution in [2.75, 3.05) is 13.7 Å². The molecule has 0 saturated heterocycles. The van der Waals surface area contributed by atoms with Crippen LogP contribution in [-0.2, 0) is 23.9 Å². The Labute approximate surface area is 115 Å². The number of carbonyl (C=O) groups excluding carboxylic acids is 3. The Morgan fingerprint density at radius 2 is 1.75 bits per heavy atom. The maximum Gasteiger partial charge on any atom is 0.349 e. The van der Waals surface area contributed by atoms with Crippen LogP contribution in [0.3, 0.4) is 0 Å². The van der Waals surface area contributed by atoms with Gasteiger partial charge in [-0.15, -0.1) is 0 Å². The highest BCUT2D eigenvalue weighted by Gasteiger charge is 2.15. The predicted octanol–water partition coefficient (Wildman–Crippen LogP) is 1.25. The van der Waals surface area contributed by atoms with Crippen molar-refractivity contribution in [3.8, 4) is 5.75 Å². The molecule has 0 unspecified atom stereocenters. The molecule has 0 fully saturated rings. The van der Waals surface area contributed by atoms with Crippen LogP contribution in [0.4, 0.5) is 0 Å². The standard InChI is InChI=1S/C14H14O6/c1-10(14(17)18-2)8-12(15)19-9-13(16)20-11-6-4-3-5-7-11/h3-7H,1,8-9H2,2H3. The summed E-state index contributed by atoms with van der Waals surface area (Å²) in [6.07, 6.45) is -0.342. The normalized spacial score (nSPS) is 9.45. The molecule has 1 rings (SSSR count). The summed E-state index contributed by atoms with van der Waals surface area (Å²) >= 11 is 0. The zero-order chi connectivity index (χ0) is 15.0. The van der Waals surface area contributed by atoms with E-state index in [1.54, 1.807) is 30.3 Å². The van der Waals surface area contributed by atoms with Gasteiger partial charge in [-0.25, -0.2) is 9.59 Å². The molecule has 0 amide bonds. The lowest BCUT2D eigenvalue weighted by Gasteiger charge is -2.06. The predicted molar refractivity (Wildman–Crippen MR) is 68.8 cm³/mol. The Kier molecular flexibility index (Phi) is 5.96. The first kappa shape index (κ1) is 15.4. The maximum absolute atomic E-state index is 11.4. The molecule has 1 aromatic carbocycles. The first-order valence-electron chi connectivity index (χ1n) is 5.70. The van der Waals surface area contributed by atoms with Gasteiger partial charge in [-0.2, -0.15) is 0 Å². The van der Waals surface area contributed by atoms with E-state index >= 15 is 0 Å². The third kappa shape index (κ3) is 5.34. The molecule has 0 bridgehead atoms.